The monoisotopic (exact) mass is 434 g/mol. The van der Waals surface area contributed by atoms with Crippen molar-refractivity contribution < 1.29 is 18.8 Å². The third-order valence-electron chi connectivity index (χ3n) is 4.92. The number of carbonyl (C=O) groups is 1. The Kier molecular flexibility index (Phi) is 7.45. The van der Waals surface area contributed by atoms with Gasteiger partial charge in [0.1, 0.15) is 17.4 Å². The maximum absolute atomic E-state index is 12.5. The average molecular weight is 434 g/mol. The van der Waals surface area contributed by atoms with E-state index < -0.39 is 5.97 Å². The van der Waals surface area contributed by atoms with Crippen LogP contribution < -0.4 is 4.74 Å². The Bertz CT molecular complexity index is 1170. The Balaban J connectivity index is 1.71. The number of nitriles is 1. The van der Waals surface area contributed by atoms with Crippen LogP contribution in [0, 0.1) is 25.2 Å². The van der Waals surface area contributed by atoms with Gasteiger partial charge in [0.2, 0.25) is 5.82 Å². The van der Waals surface area contributed by atoms with Gasteiger partial charge in [-0.15, -0.1) is 0 Å². The summed E-state index contributed by atoms with van der Waals surface area (Å²) in [7, 11) is 0. The number of para-hydroxylation sites is 1. The molecule has 0 amide bonds. The van der Waals surface area contributed by atoms with E-state index in [1.54, 1.807) is 6.08 Å². The Labute approximate surface area is 187 Å². The van der Waals surface area contributed by atoms with E-state index in [0.717, 1.165) is 29.9 Å². The van der Waals surface area contributed by atoms with E-state index in [2.05, 4.69) is 21.6 Å². The second kappa shape index (κ2) is 10.4. The number of esters is 1. The van der Waals surface area contributed by atoms with E-state index in [4.69, 9.17) is 14.0 Å². The number of ether oxygens (including phenoxy) is 2. The SMILES string of the molecule is CCCn1c(C)cc(/C=C(\C#N)C(=O)OCc2nc(-c3ccccc3OCC)no2)c1C. The van der Waals surface area contributed by atoms with Gasteiger partial charge in [-0.3, -0.25) is 0 Å². The lowest BCUT2D eigenvalue weighted by molar-refractivity contribution is -0.140. The topological polar surface area (TPSA) is 103 Å². The molecule has 0 spiro atoms. The van der Waals surface area contributed by atoms with Gasteiger partial charge >= 0.3 is 5.97 Å². The summed E-state index contributed by atoms with van der Waals surface area (Å²) in [6, 6.07) is 11.2. The number of carbonyl (C=O) groups excluding carboxylic acids is 1. The van der Waals surface area contributed by atoms with E-state index in [9.17, 15) is 10.1 Å². The highest BCUT2D eigenvalue weighted by Crippen LogP contribution is 2.27. The van der Waals surface area contributed by atoms with Crippen LogP contribution in [0.15, 0.2) is 40.4 Å². The second-order valence-electron chi connectivity index (χ2n) is 7.16. The van der Waals surface area contributed by atoms with Crippen molar-refractivity contribution >= 4 is 12.0 Å². The molecule has 0 saturated heterocycles. The van der Waals surface area contributed by atoms with Gasteiger partial charge in [-0.05, 0) is 57.0 Å². The molecule has 166 valence electrons. The van der Waals surface area contributed by atoms with E-state index in [1.807, 2.05) is 57.2 Å². The average Bonchev–Trinajstić information content (AvgIpc) is 3.37. The molecule has 0 unspecified atom stereocenters. The molecule has 0 aliphatic rings. The quantitative estimate of drug-likeness (QED) is 0.275. The summed E-state index contributed by atoms with van der Waals surface area (Å²) < 4.78 is 18.2. The summed E-state index contributed by atoms with van der Waals surface area (Å²) in [6.07, 6.45) is 2.54. The molecule has 3 rings (SSSR count). The van der Waals surface area contributed by atoms with Crippen LogP contribution in [-0.4, -0.2) is 27.3 Å². The molecule has 2 aromatic heterocycles. The molecule has 1 aromatic carbocycles. The highest BCUT2D eigenvalue weighted by molar-refractivity contribution is 5.98. The predicted molar refractivity (Wildman–Crippen MR) is 118 cm³/mol. The van der Waals surface area contributed by atoms with E-state index in [-0.39, 0.29) is 18.1 Å². The molecule has 8 nitrogen and oxygen atoms in total. The maximum atomic E-state index is 12.5. The minimum atomic E-state index is -0.748. The molecule has 0 bridgehead atoms. The molecule has 0 atom stereocenters. The molecule has 0 N–H and O–H groups in total. The number of nitrogens with zero attached hydrogens (tertiary/aromatic N) is 4. The third-order valence-corrected chi connectivity index (χ3v) is 4.92. The zero-order valence-corrected chi connectivity index (χ0v) is 18.7. The van der Waals surface area contributed by atoms with Gasteiger partial charge in [0.05, 0.1) is 12.2 Å². The number of hydrogen-bond acceptors (Lipinski definition) is 7. The fourth-order valence-electron chi connectivity index (χ4n) is 3.39. The summed E-state index contributed by atoms with van der Waals surface area (Å²) in [5.41, 5.74) is 3.47. The van der Waals surface area contributed by atoms with Crippen molar-refractivity contribution in [1.29, 1.82) is 5.26 Å². The van der Waals surface area contributed by atoms with Crippen LogP contribution in [0.2, 0.25) is 0 Å². The first-order valence-corrected chi connectivity index (χ1v) is 10.5. The third kappa shape index (κ3) is 5.06. The van der Waals surface area contributed by atoms with Crippen LogP contribution in [0.5, 0.6) is 5.75 Å². The van der Waals surface area contributed by atoms with Crippen LogP contribution in [0.3, 0.4) is 0 Å². The second-order valence-corrected chi connectivity index (χ2v) is 7.16. The van der Waals surface area contributed by atoms with Gasteiger partial charge in [0, 0.05) is 17.9 Å². The lowest BCUT2D eigenvalue weighted by Gasteiger charge is -2.07. The molecule has 0 radical (unpaired) electrons. The first-order chi connectivity index (χ1) is 15.5. The molecule has 32 heavy (non-hydrogen) atoms. The minimum absolute atomic E-state index is 0.0943. The molecule has 0 fully saturated rings. The molecular formula is C24H26N4O4. The summed E-state index contributed by atoms with van der Waals surface area (Å²) in [4.78, 5) is 16.7. The van der Waals surface area contributed by atoms with Gasteiger partial charge in [-0.2, -0.15) is 10.2 Å². The largest absolute Gasteiger partial charge is 0.493 e. The van der Waals surface area contributed by atoms with Crippen molar-refractivity contribution in [2.45, 2.75) is 47.3 Å². The number of benzene rings is 1. The van der Waals surface area contributed by atoms with Gasteiger partial charge in [-0.1, -0.05) is 24.2 Å². The van der Waals surface area contributed by atoms with Gasteiger partial charge in [0.15, 0.2) is 6.61 Å². The maximum Gasteiger partial charge on any atom is 0.349 e. The number of aryl methyl sites for hydroxylation is 1. The van der Waals surface area contributed by atoms with Crippen molar-refractivity contribution in [3.63, 3.8) is 0 Å². The zero-order valence-electron chi connectivity index (χ0n) is 18.7. The molecular weight excluding hydrogens is 408 g/mol. The summed E-state index contributed by atoms with van der Waals surface area (Å²) in [5, 5.41) is 13.4. The van der Waals surface area contributed by atoms with Gasteiger partial charge < -0.3 is 18.6 Å². The van der Waals surface area contributed by atoms with Crippen LogP contribution in [0.1, 0.15) is 43.1 Å². The number of hydrogen-bond donors (Lipinski definition) is 0. The number of aromatic nitrogens is 3. The van der Waals surface area contributed by atoms with Crippen molar-refractivity contribution in [2.24, 2.45) is 0 Å². The van der Waals surface area contributed by atoms with Crippen molar-refractivity contribution in [2.75, 3.05) is 6.61 Å². The zero-order chi connectivity index (χ0) is 23.1. The van der Waals surface area contributed by atoms with Crippen molar-refractivity contribution in [1.82, 2.24) is 14.7 Å². The van der Waals surface area contributed by atoms with Crippen LogP contribution >= 0.6 is 0 Å². The Hall–Kier alpha value is -3.86. The highest BCUT2D eigenvalue weighted by atomic mass is 16.6. The van der Waals surface area contributed by atoms with Gasteiger partial charge in [-0.25, -0.2) is 4.79 Å². The van der Waals surface area contributed by atoms with E-state index in [0.29, 0.717) is 23.7 Å². The first kappa shape index (κ1) is 22.8. The molecule has 3 aromatic rings. The summed E-state index contributed by atoms with van der Waals surface area (Å²) >= 11 is 0. The van der Waals surface area contributed by atoms with E-state index in [1.165, 1.54) is 0 Å². The van der Waals surface area contributed by atoms with Crippen molar-refractivity contribution in [3.8, 4) is 23.2 Å². The molecule has 2 heterocycles. The van der Waals surface area contributed by atoms with E-state index >= 15 is 0 Å². The summed E-state index contributed by atoms with van der Waals surface area (Å²) in [6.45, 7) is 9.10. The van der Waals surface area contributed by atoms with Crippen LogP contribution in [0.25, 0.3) is 17.5 Å². The Morgan fingerprint density at radius 2 is 2.06 bits per heavy atom. The van der Waals surface area contributed by atoms with Crippen LogP contribution in [-0.2, 0) is 22.7 Å². The molecule has 8 heteroatoms. The normalized spacial score (nSPS) is 11.3. The lowest BCUT2D eigenvalue weighted by Crippen LogP contribution is -2.07. The first-order valence-electron chi connectivity index (χ1n) is 10.5. The Morgan fingerprint density at radius 1 is 1.28 bits per heavy atom. The fraction of sp³-hybridized carbons (Fsp3) is 0.333. The summed E-state index contributed by atoms with van der Waals surface area (Å²) in [5.74, 6) is 0.342. The molecule has 0 saturated carbocycles. The molecule has 0 aliphatic carbocycles. The minimum Gasteiger partial charge on any atom is -0.493 e. The van der Waals surface area contributed by atoms with Gasteiger partial charge in [0.25, 0.3) is 5.89 Å². The number of rotatable bonds is 9. The Morgan fingerprint density at radius 3 is 2.78 bits per heavy atom. The highest BCUT2D eigenvalue weighted by Gasteiger charge is 2.17. The molecule has 0 aliphatic heterocycles. The lowest BCUT2D eigenvalue weighted by atomic mass is 10.1. The predicted octanol–water partition coefficient (Wildman–Crippen LogP) is 4.61. The fourth-order valence-corrected chi connectivity index (χ4v) is 3.39. The van der Waals surface area contributed by atoms with Crippen molar-refractivity contribution in [3.05, 3.63) is 58.7 Å². The smallest absolute Gasteiger partial charge is 0.349 e. The van der Waals surface area contributed by atoms with Crippen LogP contribution in [0.4, 0.5) is 0 Å². The standard InChI is InChI=1S/C24H26N4O4/c1-5-11-28-16(3)12-18(17(28)4)13-19(14-25)24(29)31-15-22-26-23(27-32-22)20-9-7-8-10-21(20)30-6-2/h7-10,12-13H,5-6,11,15H2,1-4H3/b19-13+.